The van der Waals surface area contributed by atoms with Crippen LogP contribution < -0.4 is 10.6 Å². The molecule has 25 heavy (non-hydrogen) atoms. The third-order valence-corrected chi connectivity index (χ3v) is 4.52. The van der Waals surface area contributed by atoms with Crippen LogP contribution in [-0.4, -0.2) is 24.2 Å². The fourth-order valence-electron chi connectivity index (χ4n) is 2.94. The van der Waals surface area contributed by atoms with Crippen molar-refractivity contribution in [3.63, 3.8) is 0 Å². The van der Waals surface area contributed by atoms with Gasteiger partial charge in [0.25, 0.3) is 0 Å². The molecular formula is C19H27ClN4O. The fraction of sp³-hybridized carbons (Fsp3) is 0.474. The van der Waals surface area contributed by atoms with Crippen LogP contribution in [-0.2, 0) is 0 Å². The van der Waals surface area contributed by atoms with Crippen molar-refractivity contribution in [1.82, 2.24) is 15.8 Å². The van der Waals surface area contributed by atoms with Crippen LogP contribution in [0.2, 0.25) is 5.02 Å². The largest absolute Gasteiger partial charge is 0.361 e. The molecule has 2 rings (SSSR count). The number of aromatic nitrogens is 1. The van der Waals surface area contributed by atoms with E-state index in [1.165, 1.54) is 0 Å². The molecule has 0 saturated carbocycles. The highest BCUT2D eigenvalue weighted by Crippen LogP contribution is 2.24. The summed E-state index contributed by atoms with van der Waals surface area (Å²) in [5, 5.41) is 11.5. The van der Waals surface area contributed by atoms with Gasteiger partial charge in [-0.15, -0.1) is 0 Å². The first-order valence-corrected chi connectivity index (χ1v) is 9.03. The van der Waals surface area contributed by atoms with E-state index in [2.05, 4.69) is 36.6 Å². The zero-order valence-electron chi connectivity index (χ0n) is 15.6. The van der Waals surface area contributed by atoms with E-state index < -0.39 is 0 Å². The van der Waals surface area contributed by atoms with Gasteiger partial charge in [0, 0.05) is 29.6 Å². The van der Waals surface area contributed by atoms with E-state index in [1.54, 1.807) is 0 Å². The Morgan fingerprint density at radius 3 is 2.60 bits per heavy atom. The number of rotatable bonds is 6. The van der Waals surface area contributed by atoms with Crippen LogP contribution >= 0.6 is 11.6 Å². The highest BCUT2D eigenvalue weighted by atomic mass is 35.5. The third-order valence-electron chi connectivity index (χ3n) is 4.17. The SMILES string of the molecule is CCNC(=NCC(C)c1c(C)noc1C)NC(C)c1ccccc1Cl. The minimum atomic E-state index is 0.0564. The minimum Gasteiger partial charge on any atom is -0.361 e. The predicted octanol–water partition coefficient (Wildman–Crippen LogP) is 4.36. The zero-order chi connectivity index (χ0) is 18.4. The van der Waals surface area contributed by atoms with Crippen LogP contribution in [0.3, 0.4) is 0 Å². The van der Waals surface area contributed by atoms with Gasteiger partial charge in [0.2, 0.25) is 0 Å². The molecule has 6 heteroatoms. The molecule has 0 amide bonds. The Balaban J connectivity index is 2.09. The number of nitrogens with zero attached hydrogens (tertiary/aromatic N) is 2. The Labute approximate surface area is 154 Å². The molecule has 0 saturated heterocycles. The molecule has 2 unspecified atom stereocenters. The van der Waals surface area contributed by atoms with Gasteiger partial charge in [-0.25, -0.2) is 0 Å². The molecule has 0 aliphatic carbocycles. The predicted molar refractivity (Wildman–Crippen MR) is 103 cm³/mol. The third kappa shape index (κ3) is 4.98. The molecular weight excluding hydrogens is 336 g/mol. The van der Waals surface area contributed by atoms with Crippen LogP contribution in [0.4, 0.5) is 0 Å². The summed E-state index contributed by atoms with van der Waals surface area (Å²) >= 11 is 6.29. The van der Waals surface area contributed by atoms with E-state index in [4.69, 9.17) is 21.1 Å². The molecule has 2 N–H and O–H groups in total. The Kier molecular flexibility index (Phi) is 6.88. The van der Waals surface area contributed by atoms with E-state index in [9.17, 15) is 0 Å². The Bertz CT molecular complexity index is 706. The molecule has 1 heterocycles. The quantitative estimate of drug-likeness (QED) is 0.591. The summed E-state index contributed by atoms with van der Waals surface area (Å²) in [6, 6.07) is 7.90. The van der Waals surface area contributed by atoms with Gasteiger partial charge in [-0.1, -0.05) is 41.9 Å². The topological polar surface area (TPSA) is 62.5 Å². The number of guanidine groups is 1. The molecule has 2 atom stereocenters. The van der Waals surface area contributed by atoms with E-state index in [0.717, 1.165) is 40.1 Å². The summed E-state index contributed by atoms with van der Waals surface area (Å²) in [6.45, 7) is 11.6. The number of aryl methyl sites for hydroxylation is 2. The molecule has 0 radical (unpaired) electrons. The van der Waals surface area contributed by atoms with Gasteiger partial charge >= 0.3 is 0 Å². The lowest BCUT2D eigenvalue weighted by Crippen LogP contribution is -2.39. The lowest BCUT2D eigenvalue weighted by Gasteiger charge is -2.19. The molecule has 136 valence electrons. The van der Waals surface area contributed by atoms with Gasteiger partial charge in [-0.3, -0.25) is 4.99 Å². The van der Waals surface area contributed by atoms with E-state index in [0.29, 0.717) is 6.54 Å². The lowest BCUT2D eigenvalue weighted by molar-refractivity contribution is 0.391. The maximum absolute atomic E-state index is 6.29. The number of hydrogen-bond acceptors (Lipinski definition) is 3. The van der Waals surface area contributed by atoms with Gasteiger partial charge in [-0.2, -0.15) is 0 Å². The highest BCUT2D eigenvalue weighted by molar-refractivity contribution is 6.31. The van der Waals surface area contributed by atoms with Gasteiger partial charge in [0.05, 0.1) is 11.7 Å². The van der Waals surface area contributed by atoms with Crippen molar-refractivity contribution in [2.75, 3.05) is 13.1 Å². The van der Waals surface area contributed by atoms with Crippen LogP contribution in [0.25, 0.3) is 0 Å². The second-order valence-corrected chi connectivity index (χ2v) is 6.65. The number of benzene rings is 1. The van der Waals surface area contributed by atoms with Crippen molar-refractivity contribution in [3.05, 3.63) is 51.9 Å². The van der Waals surface area contributed by atoms with E-state index >= 15 is 0 Å². The standard InChI is InChI=1S/C19H27ClN4O/c1-6-21-19(23-13(3)16-9-7-8-10-17(16)20)22-11-12(2)18-14(4)24-25-15(18)5/h7-10,12-13H,6,11H2,1-5H3,(H2,21,22,23). The van der Waals surface area contributed by atoms with Crippen LogP contribution in [0, 0.1) is 13.8 Å². The molecule has 5 nitrogen and oxygen atoms in total. The lowest BCUT2D eigenvalue weighted by atomic mass is 10.00. The Hall–Kier alpha value is -2.01. The maximum Gasteiger partial charge on any atom is 0.191 e. The highest BCUT2D eigenvalue weighted by Gasteiger charge is 2.17. The number of halogens is 1. The van der Waals surface area contributed by atoms with Crippen molar-refractivity contribution in [1.29, 1.82) is 0 Å². The van der Waals surface area contributed by atoms with E-state index in [-0.39, 0.29) is 12.0 Å². The van der Waals surface area contributed by atoms with Crippen molar-refractivity contribution in [3.8, 4) is 0 Å². The number of hydrogen-bond donors (Lipinski definition) is 2. The molecule has 0 aliphatic rings. The Morgan fingerprint density at radius 1 is 1.28 bits per heavy atom. The summed E-state index contributed by atoms with van der Waals surface area (Å²) in [6.07, 6.45) is 0. The van der Waals surface area contributed by atoms with Crippen LogP contribution in [0.15, 0.2) is 33.8 Å². The number of nitrogens with one attached hydrogen (secondary N) is 2. The van der Waals surface area contributed by atoms with Crippen LogP contribution in [0.1, 0.15) is 55.3 Å². The summed E-state index contributed by atoms with van der Waals surface area (Å²) in [7, 11) is 0. The molecule has 0 aliphatic heterocycles. The average molecular weight is 363 g/mol. The first-order valence-electron chi connectivity index (χ1n) is 8.66. The fourth-order valence-corrected chi connectivity index (χ4v) is 3.24. The van der Waals surface area contributed by atoms with Crippen molar-refractivity contribution in [2.24, 2.45) is 4.99 Å². The van der Waals surface area contributed by atoms with Crippen LogP contribution in [0.5, 0.6) is 0 Å². The number of aliphatic imine (C=N–C) groups is 1. The molecule has 1 aromatic heterocycles. The van der Waals surface area contributed by atoms with Gasteiger partial charge in [0.1, 0.15) is 5.76 Å². The van der Waals surface area contributed by atoms with Crippen molar-refractivity contribution < 1.29 is 4.52 Å². The second-order valence-electron chi connectivity index (χ2n) is 6.25. The molecule has 0 spiro atoms. The smallest absolute Gasteiger partial charge is 0.191 e. The normalized spacial score (nSPS) is 14.2. The Morgan fingerprint density at radius 2 is 2.00 bits per heavy atom. The minimum absolute atomic E-state index is 0.0564. The monoisotopic (exact) mass is 362 g/mol. The molecule has 0 fully saturated rings. The molecule has 0 bridgehead atoms. The average Bonchev–Trinajstić information content (AvgIpc) is 2.91. The van der Waals surface area contributed by atoms with Crippen molar-refractivity contribution >= 4 is 17.6 Å². The summed E-state index contributed by atoms with van der Waals surface area (Å²) in [4.78, 5) is 4.73. The molecule has 2 aromatic rings. The van der Waals surface area contributed by atoms with Gasteiger partial charge in [-0.05, 0) is 39.3 Å². The summed E-state index contributed by atoms with van der Waals surface area (Å²) in [5.41, 5.74) is 3.12. The summed E-state index contributed by atoms with van der Waals surface area (Å²) < 4.78 is 5.26. The van der Waals surface area contributed by atoms with Crippen molar-refractivity contribution in [2.45, 2.75) is 46.6 Å². The van der Waals surface area contributed by atoms with E-state index in [1.807, 2.05) is 38.1 Å². The maximum atomic E-state index is 6.29. The van der Waals surface area contributed by atoms with Gasteiger partial charge in [0.15, 0.2) is 5.96 Å². The first kappa shape index (κ1) is 19.3. The zero-order valence-corrected chi connectivity index (χ0v) is 16.3. The van der Waals surface area contributed by atoms with Gasteiger partial charge < -0.3 is 15.2 Å². The summed E-state index contributed by atoms with van der Waals surface area (Å²) in [5.74, 6) is 1.87. The first-order chi connectivity index (χ1) is 11.9. The molecule has 1 aromatic carbocycles. The second kappa shape index (κ2) is 8.90.